The monoisotopic (exact) mass is 461 g/mol. The Morgan fingerprint density at radius 1 is 1.19 bits per heavy atom. The lowest BCUT2D eigenvalue weighted by Crippen LogP contribution is -2.47. The zero-order valence-electron chi connectivity index (χ0n) is 19.2. The molecule has 0 bridgehead atoms. The number of ether oxygens (including phenoxy) is 1. The molecule has 1 aliphatic heterocycles. The Hall–Kier alpha value is -2.65. The molecule has 8 nitrogen and oxygen atoms in total. The number of aryl methyl sites for hydroxylation is 1. The molecule has 1 N–H and O–H groups in total. The average molecular weight is 462 g/mol. The van der Waals surface area contributed by atoms with Gasteiger partial charge in [0.25, 0.3) is 0 Å². The zero-order valence-corrected chi connectivity index (χ0v) is 20.0. The third kappa shape index (κ3) is 5.58. The van der Waals surface area contributed by atoms with E-state index in [2.05, 4.69) is 10.5 Å². The largest absolute Gasteiger partial charge is 0.497 e. The molecule has 0 unspecified atom stereocenters. The smallest absolute Gasteiger partial charge is 0.248 e. The molecule has 32 heavy (non-hydrogen) atoms. The minimum Gasteiger partial charge on any atom is -0.497 e. The molecule has 174 valence electrons. The van der Waals surface area contributed by atoms with Crippen molar-refractivity contribution in [2.75, 3.05) is 20.2 Å². The molecular formula is C23H31N3O5S. The van der Waals surface area contributed by atoms with Crippen LogP contribution >= 0.6 is 0 Å². The van der Waals surface area contributed by atoms with Crippen molar-refractivity contribution >= 4 is 28.1 Å². The summed E-state index contributed by atoms with van der Waals surface area (Å²) in [6.07, 6.45) is 4.32. The van der Waals surface area contributed by atoms with Crippen LogP contribution in [0.4, 0.5) is 0 Å². The maximum Gasteiger partial charge on any atom is 0.248 e. The lowest BCUT2D eigenvalue weighted by atomic mass is 9.96. The number of sulfonamides is 1. The fraction of sp³-hybridized carbons (Fsp3) is 0.478. The van der Waals surface area contributed by atoms with Crippen molar-refractivity contribution < 1.29 is 22.5 Å². The van der Waals surface area contributed by atoms with Crippen molar-refractivity contribution in [3.63, 3.8) is 0 Å². The highest BCUT2D eigenvalue weighted by atomic mass is 32.2. The Balaban J connectivity index is 1.74. The number of carbonyl (C=O) groups is 1. The van der Waals surface area contributed by atoms with Crippen LogP contribution in [-0.4, -0.2) is 49.5 Å². The number of nitrogens with zero attached hydrogens (tertiary/aromatic N) is 2. The van der Waals surface area contributed by atoms with Gasteiger partial charge in [0.15, 0.2) is 10.7 Å². The number of nitrogens with one attached hydrogen (secondary N) is 1. The molecule has 0 saturated carbocycles. The predicted octanol–water partition coefficient (Wildman–Crippen LogP) is 3.48. The van der Waals surface area contributed by atoms with Crippen molar-refractivity contribution in [3.05, 3.63) is 41.3 Å². The van der Waals surface area contributed by atoms with Gasteiger partial charge in [-0.1, -0.05) is 23.4 Å². The van der Waals surface area contributed by atoms with Gasteiger partial charge < -0.3 is 14.6 Å². The van der Waals surface area contributed by atoms with Gasteiger partial charge in [0.1, 0.15) is 11.4 Å². The number of aromatic nitrogens is 1. The molecule has 1 amide bonds. The number of hydrogen-bond donors (Lipinski definition) is 1. The quantitative estimate of drug-likeness (QED) is 0.707. The lowest BCUT2D eigenvalue weighted by molar-refractivity contribution is -0.127. The molecule has 0 aliphatic carbocycles. The van der Waals surface area contributed by atoms with Gasteiger partial charge in [0.05, 0.1) is 7.11 Å². The fourth-order valence-electron chi connectivity index (χ4n) is 3.64. The van der Waals surface area contributed by atoms with E-state index >= 15 is 0 Å². The molecular weight excluding hydrogens is 430 g/mol. The molecule has 0 atom stereocenters. The summed E-state index contributed by atoms with van der Waals surface area (Å²) in [7, 11) is -2.21. The molecule has 1 fully saturated rings. The molecule has 1 aliphatic rings. The minimum absolute atomic E-state index is 0.0289. The molecule has 1 saturated heterocycles. The summed E-state index contributed by atoms with van der Waals surface area (Å²) in [4.78, 5) is 12.5. The van der Waals surface area contributed by atoms with Crippen molar-refractivity contribution in [2.24, 2.45) is 5.92 Å². The first kappa shape index (κ1) is 24.0. The Morgan fingerprint density at radius 2 is 1.81 bits per heavy atom. The van der Waals surface area contributed by atoms with Crippen LogP contribution in [0.15, 0.2) is 33.7 Å². The van der Waals surface area contributed by atoms with E-state index < -0.39 is 10.0 Å². The number of methoxy groups -OCH3 is 1. The second-order valence-electron chi connectivity index (χ2n) is 8.99. The summed E-state index contributed by atoms with van der Waals surface area (Å²) in [5, 5.41) is 6.86. The number of benzene rings is 1. The van der Waals surface area contributed by atoms with Crippen molar-refractivity contribution in [2.45, 2.75) is 51.0 Å². The van der Waals surface area contributed by atoms with Gasteiger partial charge in [-0.25, -0.2) is 8.42 Å². The van der Waals surface area contributed by atoms with Crippen LogP contribution < -0.4 is 10.1 Å². The molecule has 2 heterocycles. The summed E-state index contributed by atoms with van der Waals surface area (Å²) < 4.78 is 38.6. The van der Waals surface area contributed by atoms with Gasteiger partial charge in [0, 0.05) is 24.5 Å². The van der Waals surface area contributed by atoms with Crippen molar-refractivity contribution in [1.29, 1.82) is 0 Å². The molecule has 1 aromatic carbocycles. The molecule has 2 aromatic rings. The van der Waals surface area contributed by atoms with Gasteiger partial charge in [-0.2, -0.15) is 4.31 Å². The molecule has 3 rings (SSSR count). The molecule has 0 radical (unpaired) electrons. The van der Waals surface area contributed by atoms with E-state index in [-0.39, 0.29) is 41.1 Å². The maximum absolute atomic E-state index is 13.4. The number of amides is 1. The van der Waals surface area contributed by atoms with Crippen molar-refractivity contribution in [1.82, 2.24) is 14.8 Å². The highest BCUT2D eigenvalue weighted by Crippen LogP contribution is 2.29. The van der Waals surface area contributed by atoms with Crippen LogP contribution in [0.2, 0.25) is 0 Å². The topological polar surface area (TPSA) is 102 Å². The highest BCUT2D eigenvalue weighted by Gasteiger charge is 2.36. The van der Waals surface area contributed by atoms with E-state index in [0.717, 1.165) is 11.3 Å². The third-order valence-corrected chi connectivity index (χ3v) is 7.35. The Morgan fingerprint density at radius 3 is 2.38 bits per heavy atom. The van der Waals surface area contributed by atoms with Crippen LogP contribution in [0.1, 0.15) is 50.6 Å². The first-order valence-corrected chi connectivity index (χ1v) is 12.1. The summed E-state index contributed by atoms with van der Waals surface area (Å²) in [5.74, 6) is 0.698. The van der Waals surface area contributed by atoms with Gasteiger partial charge in [-0.05, 0) is 64.3 Å². The number of rotatable bonds is 6. The summed E-state index contributed by atoms with van der Waals surface area (Å²) >= 11 is 0. The van der Waals surface area contributed by atoms with Gasteiger partial charge in [-0.3, -0.25) is 4.79 Å². The number of hydrogen-bond acceptors (Lipinski definition) is 6. The average Bonchev–Trinajstić information content (AvgIpc) is 3.12. The predicted molar refractivity (Wildman–Crippen MR) is 123 cm³/mol. The molecule has 0 spiro atoms. The molecule has 1 aromatic heterocycles. The summed E-state index contributed by atoms with van der Waals surface area (Å²) in [6, 6.07) is 7.37. The summed E-state index contributed by atoms with van der Waals surface area (Å²) in [6.45, 7) is 7.96. The first-order valence-electron chi connectivity index (χ1n) is 10.6. The number of carbonyl (C=O) groups excluding carboxylic acids is 1. The Bertz CT molecular complexity index is 1070. The van der Waals surface area contributed by atoms with Gasteiger partial charge >= 0.3 is 0 Å². The summed E-state index contributed by atoms with van der Waals surface area (Å²) in [5.41, 5.74) is 0.867. The normalized spacial score (nSPS) is 16.4. The van der Waals surface area contributed by atoms with Crippen LogP contribution in [0, 0.1) is 12.8 Å². The highest BCUT2D eigenvalue weighted by molar-refractivity contribution is 7.89. The van der Waals surface area contributed by atoms with E-state index in [9.17, 15) is 13.2 Å². The fourth-order valence-corrected chi connectivity index (χ4v) is 5.36. The lowest BCUT2D eigenvalue weighted by Gasteiger charge is -2.32. The van der Waals surface area contributed by atoms with E-state index in [1.54, 1.807) is 26.2 Å². The molecule has 9 heteroatoms. The zero-order chi connectivity index (χ0) is 23.5. The standard InChI is InChI=1S/C23H31N3O5S/c1-16-21(20(31-25-16)11-8-17-6-9-19(30-5)10-7-17)32(28,29)26-14-12-18(13-15-26)22(27)24-23(2,3)4/h6-11,18H,12-15H2,1-5H3,(H,24,27)/b11-8+. The van der Waals surface area contributed by atoms with Crippen LogP contribution in [0.3, 0.4) is 0 Å². The second kappa shape index (κ2) is 9.46. The third-order valence-electron chi connectivity index (χ3n) is 5.30. The second-order valence-corrected chi connectivity index (χ2v) is 10.9. The number of piperidine rings is 1. The van der Waals surface area contributed by atoms with Gasteiger partial charge in [-0.15, -0.1) is 0 Å². The first-order chi connectivity index (χ1) is 15.0. The minimum atomic E-state index is -3.81. The van der Waals surface area contributed by atoms with Crippen molar-refractivity contribution in [3.8, 4) is 5.75 Å². The van der Waals surface area contributed by atoms with E-state index in [4.69, 9.17) is 9.26 Å². The SMILES string of the molecule is COc1ccc(/C=C/c2onc(C)c2S(=O)(=O)N2CCC(C(=O)NC(C)(C)C)CC2)cc1. The van der Waals surface area contributed by atoms with Crippen LogP contribution in [-0.2, 0) is 14.8 Å². The van der Waals surface area contributed by atoms with Crippen LogP contribution in [0.5, 0.6) is 5.75 Å². The van der Waals surface area contributed by atoms with E-state index in [0.29, 0.717) is 18.5 Å². The van der Waals surface area contributed by atoms with E-state index in [1.165, 1.54) is 4.31 Å². The maximum atomic E-state index is 13.4. The Kier molecular flexibility index (Phi) is 7.09. The Labute approximate surface area is 189 Å². The van der Waals surface area contributed by atoms with E-state index in [1.807, 2.05) is 45.0 Å². The van der Waals surface area contributed by atoms with Gasteiger partial charge in [0.2, 0.25) is 15.9 Å². The van der Waals surface area contributed by atoms with Crippen LogP contribution in [0.25, 0.3) is 12.2 Å².